The van der Waals surface area contributed by atoms with Crippen LogP contribution < -0.4 is 0 Å². The maximum Gasteiger partial charge on any atom is 0.129 e. The van der Waals surface area contributed by atoms with E-state index in [1.807, 2.05) is 6.92 Å². The summed E-state index contributed by atoms with van der Waals surface area (Å²) in [7, 11) is 0. The molecule has 0 fully saturated rings. The van der Waals surface area contributed by atoms with E-state index in [0.717, 1.165) is 0 Å². The molecule has 0 amide bonds. The van der Waals surface area contributed by atoms with Gasteiger partial charge < -0.3 is 9.59 Å². The van der Waals surface area contributed by atoms with Crippen LogP contribution in [0.4, 0.5) is 0 Å². The molecule has 0 atom stereocenters. The van der Waals surface area contributed by atoms with Crippen molar-refractivity contribution in [2.24, 2.45) is 0 Å². The van der Waals surface area contributed by atoms with Gasteiger partial charge in [0, 0.05) is 6.42 Å². The molecule has 0 saturated carbocycles. The number of hydrogen-bond donors (Lipinski definition) is 0. The molecule has 2 nitrogen and oxygen atoms in total. The van der Waals surface area contributed by atoms with Crippen molar-refractivity contribution in [2.75, 3.05) is 0 Å². The Bertz CT molecular complexity index is 91.1. The maximum atomic E-state index is 9.81. The molecule has 0 heterocycles. The number of ketones is 2. The zero-order valence-corrected chi connectivity index (χ0v) is 6.52. The Labute approximate surface area is 56.3 Å². The van der Waals surface area contributed by atoms with E-state index < -0.39 is 0 Å². The van der Waals surface area contributed by atoms with Crippen molar-refractivity contribution < 1.29 is 9.59 Å². The van der Waals surface area contributed by atoms with Gasteiger partial charge in [0.2, 0.25) is 0 Å². The van der Waals surface area contributed by atoms with Crippen LogP contribution in [-0.4, -0.2) is 11.6 Å². The van der Waals surface area contributed by atoms with Crippen LogP contribution in [0.15, 0.2) is 0 Å². The van der Waals surface area contributed by atoms with Crippen molar-refractivity contribution in [3.63, 3.8) is 0 Å². The van der Waals surface area contributed by atoms with E-state index in [2.05, 4.69) is 0 Å². The van der Waals surface area contributed by atoms with Gasteiger partial charge in [-0.15, -0.1) is 0 Å². The molecule has 54 valence electrons. The van der Waals surface area contributed by atoms with Crippen molar-refractivity contribution in [3.05, 3.63) is 0 Å². The van der Waals surface area contributed by atoms with Gasteiger partial charge in [-0.3, -0.25) is 0 Å². The first kappa shape index (κ1) is 11.2. The van der Waals surface area contributed by atoms with Crippen molar-refractivity contribution in [3.8, 4) is 0 Å². The summed E-state index contributed by atoms with van der Waals surface area (Å²) in [5.41, 5.74) is 0. The van der Waals surface area contributed by atoms with Gasteiger partial charge in [-0.05, 0) is 20.8 Å². The minimum atomic E-state index is 0.167. The predicted molar refractivity (Wildman–Crippen MR) is 37.3 cm³/mol. The summed E-state index contributed by atoms with van der Waals surface area (Å²) in [5.74, 6) is 0.421. The minimum Gasteiger partial charge on any atom is -0.300 e. The van der Waals surface area contributed by atoms with Crippen LogP contribution in [0.2, 0.25) is 0 Å². The molecule has 0 aliphatic rings. The minimum absolute atomic E-state index is 0.167. The predicted octanol–water partition coefficient (Wildman–Crippen LogP) is 1.58. The lowest BCUT2D eigenvalue weighted by molar-refractivity contribution is -0.117. The van der Waals surface area contributed by atoms with E-state index in [1.165, 1.54) is 13.8 Å². The fourth-order valence-electron chi connectivity index (χ4n) is 0. The first-order valence-electron chi connectivity index (χ1n) is 2.97. The molecule has 0 N–H and O–H groups in total. The van der Waals surface area contributed by atoms with E-state index in [-0.39, 0.29) is 11.6 Å². The van der Waals surface area contributed by atoms with Gasteiger partial charge in [0.25, 0.3) is 0 Å². The number of Topliss-reactive ketones (excluding diaryl/α,β-unsaturated/α-hetero) is 2. The number of carbonyl (C=O) groups is 2. The number of carbonyl (C=O) groups excluding carboxylic acids is 2. The Balaban J connectivity index is 0. The molecule has 0 unspecified atom stereocenters. The summed E-state index contributed by atoms with van der Waals surface area (Å²) in [6.07, 6.45) is 0.667. The van der Waals surface area contributed by atoms with Crippen LogP contribution in [0.3, 0.4) is 0 Å². The fraction of sp³-hybridized carbons (Fsp3) is 0.714. The molecule has 0 rings (SSSR count). The van der Waals surface area contributed by atoms with Crippen molar-refractivity contribution >= 4 is 11.6 Å². The highest BCUT2D eigenvalue weighted by Crippen LogP contribution is 1.71. The van der Waals surface area contributed by atoms with Gasteiger partial charge in [0.15, 0.2) is 0 Å². The van der Waals surface area contributed by atoms with Crippen LogP contribution in [0.1, 0.15) is 34.1 Å². The molecule has 0 aromatic carbocycles. The Morgan fingerprint density at radius 2 is 1.22 bits per heavy atom. The Morgan fingerprint density at radius 3 is 1.22 bits per heavy atom. The molecular formula is C7H14O2. The summed E-state index contributed by atoms with van der Waals surface area (Å²) in [6, 6.07) is 0. The topological polar surface area (TPSA) is 34.1 Å². The molecule has 0 radical (unpaired) electrons. The number of rotatable bonds is 1. The SMILES string of the molecule is CC(C)=O.CCC(C)=O. The summed E-state index contributed by atoms with van der Waals surface area (Å²) in [4.78, 5) is 19.3. The summed E-state index contributed by atoms with van der Waals surface area (Å²) in [5, 5.41) is 0. The second-order valence-corrected chi connectivity index (χ2v) is 1.96. The standard InChI is InChI=1S/C4H8O.C3H6O/c1-3-4(2)5;1-3(2)4/h3H2,1-2H3;1-2H3. The van der Waals surface area contributed by atoms with Crippen LogP contribution in [0, 0.1) is 0 Å². The van der Waals surface area contributed by atoms with Crippen molar-refractivity contribution in [2.45, 2.75) is 34.1 Å². The van der Waals surface area contributed by atoms with E-state index >= 15 is 0 Å². The van der Waals surface area contributed by atoms with E-state index in [1.54, 1.807) is 6.92 Å². The molecule has 0 aliphatic carbocycles. The van der Waals surface area contributed by atoms with Crippen LogP contribution >= 0.6 is 0 Å². The van der Waals surface area contributed by atoms with Gasteiger partial charge in [0.05, 0.1) is 0 Å². The first-order chi connectivity index (χ1) is 4.00. The smallest absolute Gasteiger partial charge is 0.129 e. The van der Waals surface area contributed by atoms with Crippen molar-refractivity contribution in [1.82, 2.24) is 0 Å². The van der Waals surface area contributed by atoms with Gasteiger partial charge in [-0.1, -0.05) is 6.92 Å². The lowest BCUT2D eigenvalue weighted by Gasteiger charge is -1.71. The number of hydrogen-bond acceptors (Lipinski definition) is 2. The Kier molecular flexibility index (Phi) is 9.12. The van der Waals surface area contributed by atoms with Gasteiger partial charge in [-0.25, -0.2) is 0 Å². The second kappa shape index (κ2) is 7.34. The van der Waals surface area contributed by atoms with Gasteiger partial charge in [-0.2, -0.15) is 0 Å². The summed E-state index contributed by atoms with van der Waals surface area (Å²) in [6.45, 7) is 6.49. The monoisotopic (exact) mass is 130 g/mol. The molecule has 0 spiro atoms. The summed E-state index contributed by atoms with van der Waals surface area (Å²) >= 11 is 0. The molecule has 0 bridgehead atoms. The van der Waals surface area contributed by atoms with E-state index in [4.69, 9.17) is 0 Å². The zero-order valence-electron chi connectivity index (χ0n) is 6.52. The molecule has 2 heteroatoms. The third kappa shape index (κ3) is 117. The molecule has 0 saturated heterocycles. The fourth-order valence-corrected chi connectivity index (χ4v) is 0. The molecule has 0 aromatic rings. The molecule has 0 aromatic heterocycles. The van der Waals surface area contributed by atoms with E-state index in [0.29, 0.717) is 6.42 Å². The van der Waals surface area contributed by atoms with Crippen LogP contribution in [-0.2, 0) is 9.59 Å². The van der Waals surface area contributed by atoms with Crippen molar-refractivity contribution in [1.29, 1.82) is 0 Å². The second-order valence-electron chi connectivity index (χ2n) is 1.96. The third-order valence-corrected chi connectivity index (χ3v) is 0.498. The highest BCUT2D eigenvalue weighted by molar-refractivity contribution is 5.74. The molecule has 0 aliphatic heterocycles. The third-order valence-electron chi connectivity index (χ3n) is 0.498. The zero-order chi connectivity index (χ0) is 7.86. The molecule has 9 heavy (non-hydrogen) atoms. The van der Waals surface area contributed by atoms with Crippen LogP contribution in [0.5, 0.6) is 0 Å². The maximum absolute atomic E-state index is 9.81. The first-order valence-corrected chi connectivity index (χ1v) is 2.97. The molecular weight excluding hydrogens is 116 g/mol. The quantitative estimate of drug-likeness (QED) is 0.540. The lowest BCUT2D eigenvalue weighted by atomic mass is 10.4. The largest absolute Gasteiger partial charge is 0.300 e. The highest BCUT2D eigenvalue weighted by Gasteiger charge is 1.76. The Hall–Kier alpha value is -0.660. The van der Waals surface area contributed by atoms with Gasteiger partial charge in [0.1, 0.15) is 11.6 Å². The van der Waals surface area contributed by atoms with E-state index in [9.17, 15) is 9.59 Å². The average molecular weight is 130 g/mol. The lowest BCUT2D eigenvalue weighted by Crippen LogP contribution is -1.80. The Morgan fingerprint density at radius 1 is 1.11 bits per heavy atom. The van der Waals surface area contributed by atoms with Crippen LogP contribution in [0.25, 0.3) is 0 Å². The summed E-state index contributed by atoms with van der Waals surface area (Å²) < 4.78 is 0. The van der Waals surface area contributed by atoms with Gasteiger partial charge >= 0.3 is 0 Å². The highest BCUT2D eigenvalue weighted by atomic mass is 16.1. The average Bonchev–Trinajstić information content (AvgIpc) is 1.65. The normalized spacial score (nSPS) is 7.11.